The number of alkyl halides is 3. The Morgan fingerprint density at radius 2 is 1.94 bits per heavy atom. The van der Waals surface area contributed by atoms with Gasteiger partial charge in [0.15, 0.2) is 0 Å². The van der Waals surface area contributed by atoms with Gasteiger partial charge < -0.3 is 9.57 Å². The Hall–Kier alpha value is -3.15. The molecule has 168 valence electrons. The van der Waals surface area contributed by atoms with Gasteiger partial charge in [-0.25, -0.2) is 18.5 Å². The molecule has 2 aromatic rings. The lowest BCUT2D eigenvalue weighted by atomic mass is 10.2. The molecule has 0 fully saturated rings. The highest BCUT2D eigenvalue weighted by Gasteiger charge is 2.35. The third kappa shape index (κ3) is 5.13. The molecule has 1 aromatic carbocycles. The van der Waals surface area contributed by atoms with E-state index in [0.717, 1.165) is 32.5 Å². The number of benzene rings is 1. The molecule has 0 saturated heterocycles. The van der Waals surface area contributed by atoms with Crippen LogP contribution in [0.1, 0.15) is 24.6 Å². The molecule has 0 saturated carbocycles. The van der Waals surface area contributed by atoms with E-state index in [-0.39, 0.29) is 32.2 Å². The minimum atomic E-state index is -4.96. The largest absolute Gasteiger partial charge is 0.466 e. The second kappa shape index (κ2) is 9.33. The summed E-state index contributed by atoms with van der Waals surface area (Å²) in [5, 5.41) is 3.37. The molecule has 0 amide bonds. The van der Waals surface area contributed by atoms with Crippen LogP contribution in [0.15, 0.2) is 32.9 Å². The summed E-state index contributed by atoms with van der Waals surface area (Å²) in [4.78, 5) is 41.0. The fraction of sp³-hybridized carbons (Fsp3) is 0.333. The number of nitrogens with zero attached hydrogens (tertiary/aromatic N) is 3. The first-order valence-corrected chi connectivity index (χ1v) is 8.96. The average Bonchev–Trinajstić information content (AvgIpc) is 2.69. The highest BCUT2D eigenvalue weighted by Crippen LogP contribution is 2.27. The molecular formula is C18H16ClF4N3O5. The summed E-state index contributed by atoms with van der Waals surface area (Å²) < 4.78 is 58.3. The van der Waals surface area contributed by atoms with Crippen molar-refractivity contribution in [2.75, 3.05) is 7.11 Å². The van der Waals surface area contributed by atoms with E-state index >= 15 is 0 Å². The number of hydrogen-bond donors (Lipinski definition) is 0. The van der Waals surface area contributed by atoms with Crippen molar-refractivity contribution in [3.05, 3.63) is 61.1 Å². The van der Waals surface area contributed by atoms with Crippen LogP contribution in [-0.4, -0.2) is 34.5 Å². The van der Waals surface area contributed by atoms with Gasteiger partial charge in [-0.2, -0.15) is 13.2 Å². The molecule has 2 rings (SSSR count). The van der Waals surface area contributed by atoms with E-state index in [9.17, 15) is 31.9 Å². The Balaban J connectivity index is 2.55. The number of oxime groups is 1. The normalized spacial score (nSPS) is 12.8. The number of methoxy groups -OCH3 is 1. The average molecular weight is 466 g/mol. The number of aromatic nitrogens is 2. The van der Waals surface area contributed by atoms with Crippen LogP contribution in [0.5, 0.6) is 0 Å². The fourth-order valence-electron chi connectivity index (χ4n) is 2.52. The number of ether oxygens (including phenoxy) is 1. The summed E-state index contributed by atoms with van der Waals surface area (Å²) >= 11 is 5.93. The van der Waals surface area contributed by atoms with Crippen molar-refractivity contribution in [3.8, 4) is 5.69 Å². The fourth-order valence-corrected chi connectivity index (χ4v) is 2.72. The molecule has 31 heavy (non-hydrogen) atoms. The standard InChI is InChI=1S/C18H16ClF4N3O5/c1-4-13(16(28)30-3)31-24-8-9-5-12(11(20)6-10(9)19)26-15(27)7-14(18(21,22)23)25(2)17(26)29/h5-8,13H,4H2,1-3H3/b24-8+/t13-/m0/s1. The third-order valence-electron chi connectivity index (χ3n) is 4.13. The van der Waals surface area contributed by atoms with Crippen molar-refractivity contribution >= 4 is 23.8 Å². The van der Waals surface area contributed by atoms with Gasteiger partial charge in [-0.05, 0) is 18.6 Å². The summed E-state index contributed by atoms with van der Waals surface area (Å²) in [6, 6.07) is 1.85. The lowest BCUT2D eigenvalue weighted by Gasteiger charge is -2.15. The first-order chi connectivity index (χ1) is 14.4. The molecule has 13 heteroatoms. The molecule has 0 N–H and O–H groups in total. The van der Waals surface area contributed by atoms with Gasteiger partial charge in [0.1, 0.15) is 11.5 Å². The van der Waals surface area contributed by atoms with Crippen LogP contribution in [0.4, 0.5) is 17.6 Å². The third-order valence-corrected chi connectivity index (χ3v) is 4.46. The zero-order valence-electron chi connectivity index (χ0n) is 16.4. The van der Waals surface area contributed by atoms with Crippen LogP contribution in [0.25, 0.3) is 5.69 Å². The number of carbonyl (C=O) groups excluding carboxylic acids is 1. The summed E-state index contributed by atoms with van der Waals surface area (Å²) in [5.41, 5.74) is -4.99. The monoisotopic (exact) mass is 465 g/mol. The van der Waals surface area contributed by atoms with Gasteiger partial charge in [-0.3, -0.25) is 9.36 Å². The molecule has 0 aliphatic rings. The maximum Gasteiger partial charge on any atom is 0.431 e. The number of halogens is 5. The second-order valence-electron chi connectivity index (χ2n) is 6.13. The summed E-state index contributed by atoms with van der Waals surface area (Å²) in [6.45, 7) is 1.63. The Morgan fingerprint density at radius 3 is 2.48 bits per heavy atom. The summed E-state index contributed by atoms with van der Waals surface area (Å²) in [5.74, 6) is -1.83. The molecule has 8 nitrogen and oxygen atoms in total. The van der Waals surface area contributed by atoms with Gasteiger partial charge >= 0.3 is 17.8 Å². The van der Waals surface area contributed by atoms with Crippen molar-refractivity contribution in [3.63, 3.8) is 0 Å². The van der Waals surface area contributed by atoms with Crippen molar-refractivity contribution in [2.24, 2.45) is 12.2 Å². The van der Waals surface area contributed by atoms with Crippen molar-refractivity contribution in [1.82, 2.24) is 9.13 Å². The van der Waals surface area contributed by atoms with Crippen LogP contribution >= 0.6 is 11.6 Å². The predicted octanol–water partition coefficient (Wildman–Crippen LogP) is 2.65. The molecule has 1 heterocycles. The highest BCUT2D eigenvalue weighted by atomic mass is 35.5. The van der Waals surface area contributed by atoms with Crippen molar-refractivity contribution in [1.29, 1.82) is 0 Å². The summed E-state index contributed by atoms with van der Waals surface area (Å²) in [7, 11) is 1.95. The van der Waals surface area contributed by atoms with Crippen LogP contribution in [-0.2, 0) is 27.6 Å². The van der Waals surface area contributed by atoms with Gasteiger partial charge in [0.25, 0.3) is 5.56 Å². The molecule has 0 radical (unpaired) electrons. The number of carbonyl (C=O) groups is 1. The minimum Gasteiger partial charge on any atom is -0.466 e. The molecule has 1 aromatic heterocycles. The predicted molar refractivity (Wildman–Crippen MR) is 102 cm³/mol. The van der Waals surface area contributed by atoms with E-state index in [1.165, 1.54) is 0 Å². The Kier molecular flexibility index (Phi) is 7.26. The first kappa shape index (κ1) is 24.1. The van der Waals surface area contributed by atoms with Gasteiger partial charge in [0, 0.05) is 18.7 Å². The molecule has 0 bridgehead atoms. The summed E-state index contributed by atoms with van der Waals surface area (Å²) in [6.07, 6.45) is -4.78. The number of rotatable bonds is 6. The van der Waals surface area contributed by atoms with Gasteiger partial charge in [-0.15, -0.1) is 0 Å². The zero-order chi connectivity index (χ0) is 23.5. The number of hydrogen-bond acceptors (Lipinski definition) is 6. The lowest BCUT2D eigenvalue weighted by Crippen LogP contribution is -2.41. The molecule has 1 atom stereocenters. The van der Waals surface area contributed by atoms with E-state index in [0.29, 0.717) is 0 Å². The minimum absolute atomic E-state index is 0.0355. The van der Waals surface area contributed by atoms with Crippen molar-refractivity contribution in [2.45, 2.75) is 25.6 Å². The van der Waals surface area contributed by atoms with Crippen molar-refractivity contribution < 1.29 is 31.9 Å². The van der Waals surface area contributed by atoms with E-state index in [1.807, 2.05) is 0 Å². The smallest absolute Gasteiger partial charge is 0.431 e. The highest BCUT2D eigenvalue weighted by molar-refractivity contribution is 6.33. The molecule has 0 unspecified atom stereocenters. The first-order valence-electron chi connectivity index (χ1n) is 8.59. The van der Waals surface area contributed by atoms with Gasteiger partial charge in [-0.1, -0.05) is 23.7 Å². The topological polar surface area (TPSA) is 91.9 Å². The molecule has 0 spiro atoms. The van der Waals surface area contributed by atoms with Crippen LogP contribution in [0, 0.1) is 5.82 Å². The van der Waals surface area contributed by atoms with Gasteiger partial charge in [0.2, 0.25) is 6.10 Å². The molecular weight excluding hydrogens is 450 g/mol. The SMILES string of the molecule is CC[C@H](O/N=C/c1cc(-n2c(=O)cc(C(F)(F)F)n(C)c2=O)c(F)cc1Cl)C(=O)OC. The Bertz CT molecular complexity index is 1140. The van der Waals surface area contributed by atoms with Crippen LogP contribution < -0.4 is 11.2 Å². The van der Waals surface area contributed by atoms with Crippen LogP contribution in [0.2, 0.25) is 5.02 Å². The lowest BCUT2D eigenvalue weighted by molar-refractivity contribution is -0.154. The van der Waals surface area contributed by atoms with E-state index in [4.69, 9.17) is 16.4 Å². The maximum atomic E-state index is 14.4. The molecule has 0 aliphatic heterocycles. The maximum absolute atomic E-state index is 14.4. The Labute approximate surface area is 177 Å². The van der Waals surface area contributed by atoms with E-state index < -0.39 is 46.7 Å². The van der Waals surface area contributed by atoms with E-state index in [2.05, 4.69) is 9.89 Å². The number of esters is 1. The zero-order valence-corrected chi connectivity index (χ0v) is 17.1. The van der Waals surface area contributed by atoms with Crippen LogP contribution in [0.3, 0.4) is 0 Å². The van der Waals surface area contributed by atoms with E-state index in [1.54, 1.807) is 6.92 Å². The quantitative estimate of drug-likeness (QED) is 0.283. The molecule has 0 aliphatic carbocycles. The second-order valence-corrected chi connectivity index (χ2v) is 6.53. The Morgan fingerprint density at radius 1 is 1.29 bits per heavy atom. The van der Waals surface area contributed by atoms with Gasteiger partial charge in [0.05, 0.1) is 24.0 Å².